The lowest BCUT2D eigenvalue weighted by Gasteiger charge is -2.58. The summed E-state index contributed by atoms with van der Waals surface area (Å²) in [5.74, 6) is 0.992. The highest BCUT2D eigenvalue weighted by atomic mass is 16.1. The van der Waals surface area contributed by atoms with E-state index in [1.165, 1.54) is 58.3 Å². The molecule has 3 heterocycles. The van der Waals surface area contributed by atoms with E-state index in [-0.39, 0.29) is 0 Å². The van der Waals surface area contributed by atoms with Crippen LogP contribution in [0.25, 0.3) is 0 Å². The Bertz CT molecular complexity index is 347. The molecule has 0 radical (unpaired) electrons. The van der Waals surface area contributed by atoms with Gasteiger partial charge in [-0.15, -0.1) is 0 Å². The van der Waals surface area contributed by atoms with E-state index in [0.717, 1.165) is 31.5 Å². The van der Waals surface area contributed by atoms with Crippen molar-refractivity contribution in [1.29, 1.82) is 0 Å². The molecule has 3 aliphatic heterocycles. The molecule has 3 saturated heterocycles. The third-order valence-corrected chi connectivity index (χ3v) is 5.85. The highest BCUT2D eigenvalue weighted by Crippen LogP contribution is 2.37. The molecular weight excluding hydrogens is 262 g/mol. The molecule has 120 valence electrons. The van der Waals surface area contributed by atoms with Gasteiger partial charge in [0.15, 0.2) is 0 Å². The highest BCUT2D eigenvalue weighted by Gasteiger charge is 2.49. The van der Waals surface area contributed by atoms with Crippen molar-refractivity contribution in [1.82, 2.24) is 14.7 Å². The number of carbonyl (C=O) groups is 1. The summed E-state index contributed by atoms with van der Waals surface area (Å²) in [5.41, 5.74) is 0.510. The Morgan fingerprint density at radius 1 is 1.00 bits per heavy atom. The van der Waals surface area contributed by atoms with Gasteiger partial charge in [0.25, 0.3) is 0 Å². The fraction of sp³-hybridized carbons (Fsp3) is 0.941. The number of nitrogens with zero attached hydrogens (tertiary/aromatic N) is 3. The number of amides is 1. The molecule has 21 heavy (non-hydrogen) atoms. The zero-order chi connectivity index (χ0) is 14.9. The van der Waals surface area contributed by atoms with Gasteiger partial charge in [-0.3, -0.25) is 4.79 Å². The number of piperidine rings is 1. The van der Waals surface area contributed by atoms with Gasteiger partial charge < -0.3 is 14.7 Å². The Kier molecular flexibility index (Phi) is 4.55. The van der Waals surface area contributed by atoms with Crippen LogP contribution < -0.4 is 0 Å². The normalized spacial score (nSPS) is 29.9. The second-order valence-electron chi connectivity index (χ2n) is 7.99. The second-order valence-corrected chi connectivity index (χ2v) is 7.99. The maximum Gasteiger partial charge on any atom is 0.209 e. The number of likely N-dealkylation sites (tertiary alicyclic amines) is 3. The first-order chi connectivity index (χ1) is 10.1. The first-order valence-electron chi connectivity index (χ1n) is 8.72. The Morgan fingerprint density at radius 3 is 2.05 bits per heavy atom. The molecular formula is C17H31N3O. The lowest BCUT2D eigenvalue weighted by Crippen LogP contribution is -2.70. The molecule has 0 aromatic carbocycles. The van der Waals surface area contributed by atoms with E-state index in [1.807, 2.05) is 4.90 Å². The molecule has 0 aromatic heterocycles. The molecule has 4 heteroatoms. The summed E-state index contributed by atoms with van der Waals surface area (Å²) in [6.45, 7) is 9.48. The lowest BCUT2D eigenvalue weighted by atomic mass is 9.73. The summed E-state index contributed by atoms with van der Waals surface area (Å²) in [4.78, 5) is 17.1. The Labute approximate surface area is 129 Å². The number of carbonyl (C=O) groups excluding carboxylic acids is 1. The van der Waals surface area contributed by atoms with Gasteiger partial charge in [0.05, 0.1) is 0 Å². The second kappa shape index (κ2) is 6.25. The minimum atomic E-state index is 0.510. The molecule has 1 saturated carbocycles. The van der Waals surface area contributed by atoms with Crippen molar-refractivity contribution in [3.8, 4) is 0 Å². The quantitative estimate of drug-likeness (QED) is 0.725. The SMILES string of the molecule is CC1CCN(C2CCC2)CC1.CN1CC2(C1)CN(C=O)C2. The average Bonchev–Trinajstić information content (AvgIpc) is 2.33. The van der Waals surface area contributed by atoms with Gasteiger partial charge >= 0.3 is 0 Å². The van der Waals surface area contributed by atoms with Crippen molar-refractivity contribution in [2.45, 2.75) is 45.1 Å². The molecule has 0 N–H and O–H groups in total. The predicted molar refractivity (Wildman–Crippen MR) is 85.2 cm³/mol. The zero-order valence-electron chi connectivity index (χ0n) is 13.8. The van der Waals surface area contributed by atoms with E-state index in [1.54, 1.807) is 0 Å². The summed E-state index contributed by atoms with van der Waals surface area (Å²) in [7, 11) is 2.12. The fourth-order valence-corrected chi connectivity index (χ4v) is 4.33. The minimum absolute atomic E-state index is 0.510. The van der Waals surface area contributed by atoms with Crippen LogP contribution in [-0.4, -0.2) is 73.5 Å². The van der Waals surface area contributed by atoms with E-state index in [9.17, 15) is 4.79 Å². The van der Waals surface area contributed by atoms with Gasteiger partial charge in [-0.25, -0.2) is 0 Å². The first-order valence-corrected chi connectivity index (χ1v) is 8.72. The standard InChI is InChI=1S/C10H19N.C7H12N2O/c1-9-5-7-11(8-6-9)10-3-2-4-10;1-8-2-7(3-8)4-9(5-7)6-10/h9-10H,2-8H2,1H3;6H,2-5H2,1H3. The third kappa shape index (κ3) is 3.42. The molecule has 4 nitrogen and oxygen atoms in total. The number of hydrogen-bond acceptors (Lipinski definition) is 3. The molecule has 1 aliphatic carbocycles. The van der Waals surface area contributed by atoms with Gasteiger partial charge in [0.1, 0.15) is 0 Å². The summed E-state index contributed by atoms with van der Waals surface area (Å²) in [6.07, 6.45) is 8.27. The predicted octanol–water partition coefficient (Wildman–Crippen LogP) is 1.66. The minimum Gasteiger partial charge on any atom is -0.344 e. The molecule has 0 atom stereocenters. The monoisotopic (exact) mass is 293 g/mol. The number of hydrogen-bond donors (Lipinski definition) is 0. The van der Waals surface area contributed by atoms with Gasteiger partial charge in [0, 0.05) is 37.6 Å². The zero-order valence-corrected chi connectivity index (χ0v) is 13.8. The molecule has 4 fully saturated rings. The van der Waals surface area contributed by atoms with Crippen molar-refractivity contribution in [3.05, 3.63) is 0 Å². The topological polar surface area (TPSA) is 26.8 Å². The van der Waals surface area contributed by atoms with Crippen molar-refractivity contribution in [2.75, 3.05) is 46.3 Å². The molecule has 0 unspecified atom stereocenters. The van der Waals surface area contributed by atoms with E-state index in [2.05, 4.69) is 23.8 Å². The van der Waals surface area contributed by atoms with Crippen LogP contribution in [0.2, 0.25) is 0 Å². The van der Waals surface area contributed by atoms with Crippen LogP contribution in [0.4, 0.5) is 0 Å². The molecule has 1 amide bonds. The van der Waals surface area contributed by atoms with Gasteiger partial charge in [-0.05, 0) is 51.7 Å². The van der Waals surface area contributed by atoms with Crippen LogP contribution in [0.5, 0.6) is 0 Å². The first kappa shape index (κ1) is 15.3. The van der Waals surface area contributed by atoms with Crippen molar-refractivity contribution >= 4 is 6.41 Å². The molecule has 4 aliphatic rings. The summed E-state index contributed by atoms with van der Waals surface area (Å²) >= 11 is 0. The summed E-state index contributed by atoms with van der Waals surface area (Å²) in [6, 6.07) is 0.988. The Balaban J connectivity index is 0.000000126. The average molecular weight is 293 g/mol. The van der Waals surface area contributed by atoms with E-state index >= 15 is 0 Å². The van der Waals surface area contributed by atoms with Crippen molar-refractivity contribution in [3.63, 3.8) is 0 Å². The largest absolute Gasteiger partial charge is 0.344 e. The van der Waals surface area contributed by atoms with Crippen molar-refractivity contribution in [2.24, 2.45) is 11.3 Å². The van der Waals surface area contributed by atoms with Gasteiger partial charge in [-0.1, -0.05) is 13.3 Å². The van der Waals surface area contributed by atoms with Gasteiger partial charge in [0.2, 0.25) is 6.41 Å². The maximum absolute atomic E-state index is 10.2. The van der Waals surface area contributed by atoms with Crippen LogP contribution in [0.15, 0.2) is 0 Å². The molecule has 4 rings (SSSR count). The van der Waals surface area contributed by atoms with Crippen LogP contribution in [-0.2, 0) is 4.79 Å². The summed E-state index contributed by atoms with van der Waals surface area (Å²) < 4.78 is 0. The van der Waals surface area contributed by atoms with Crippen LogP contribution in [0, 0.1) is 11.3 Å². The molecule has 0 bridgehead atoms. The van der Waals surface area contributed by atoms with Gasteiger partial charge in [-0.2, -0.15) is 0 Å². The number of rotatable bonds is 2. The van der Waals surface area contributed by atoms with Crippen LogP contribution in [0.1, 0.15) is 39.0 Å². The lowest BCUT2D eigenvalue weighted by molar-refractivity contribution is -0.143. The summed E-state index contributed by atoms with van der Waals surface area (Å²) in [5, 5.41) is 0. The Hall–Kier alpha value is -0.610. The van der Waals surface area contributed by atoms with Crippen LogP contribution >= 0.6 is 0 Å². The van der Waals surface area contributed by atoms with Crippen molar-refractivity contribution < 1.29 is 4.79 Å². The molecule has 0 aromatic rings. The van der Waals surface area contributed by atoms with E-state index in [0.29, 0.717) is 5.41 Å². The fourth-order valence-electron chi connectivity index (χ4n) is 4.33. The third-order valence-electron chi connectivity index (χ3n) is 5.85. The Morgan fingerprint density at radius 2 is 1.62 bits per heavy atom. The smallest absolute Gasteiger partial charge is 0.209 e. The van der Waals surface area contributed by atoms with Crippen LogP contribution in [0.3, 0.4) is 0 Å². The highest BCUT2D eigenvalue weighted by molar-refractivity contribution is 5.49. The van der Waals surface area contributed by atoms with E-state index < -0.39 is 0 Å². The molecule has 1 spiro atoms. The maximum atomic E-state index is 10.2. The van der Waals surface area contributed by atoms with E-state index in [4.69, 9.17) is 0 Å².